The third kappa shape index (κ3) is 3.58. The first-order chi connectivity index (χ1) is 8.70. The summed E-state index contributed by atoms with van der Waals surface area (Å²) in [6.45, 7) is 0.797. The van der Waals surface area contributed by atoms with Crippen molar-refractivity contribution in [3.05, 3.63) is 34.3 Å². The Labute approximate surface area is 125 Å². The highest BCUT2D eigenvalue weighted by molar-refractivity contribution is 9.10. The van der Waals surface area contributed by atoms with Crippen molar-refractivity contribution in [3.63, 3.8) is 0 Å². The number of hydrogen-bond donors (Lipinski definition) is 1. The molecule has 1 N–H and O–H groups in total. The van der Waals surface area contributed by atoms with E-state index in [1.54, 1.807) is 0 Å². The number of nitrogens with one attached hydrogen (secondary N) is 1. The molecule has 1 amide bonds. The molecule has 1 fully saturated rings. The van der Waals surface area contributed by atoms with Crippen LogP contribution in [0.4, 0.5) is 0 Å². The van der Waals surface area contributed by atoms with Crippen LogP contribution in [0.5, 0.6) is 0 Å². The first-order valence-electron chi connectivity index (χ1n) is 6.30. The number of hydrogen-bond acceptors (Lipinski definition) is 1. The highest BCUT2D eigenvalue weighted by Crippen LogP contribution is 2.32. The molecule has 2 rings (SSSR count). The van der Waals surface area contributed by atoms with E-state index in [9.17, 15) is 4.79 Å². The van der Waals surface area contributed by atoms with E-state index in [1.807, 2.05) is 24.3 Å². The second-order valence-electron chi connectivity index (χ2n) is 4.82. The second-order valence-corrected chi connectivity index (χ2v) is 6.39. The predicted molar refractivity (Wildman–Crippen MR) is 81.1 cm³/mol. The quantitative estimate of drug-likeness (QED) is 0.793. The molecule has 0 aliphatic heterocycles. The van der Waals surface area contributed by atoms with Crippen LogP contribution in [0.25, 0.3) is 0 Å². The van der Waals surface area contributed by atoms with Crippen LogP contribution >= 0.6 is 31.9 Å². The van der Waals surface area contributed by atoms with Gasteiger partial charge in [-0.25, -0.2) is 0 Å². The van der Waals surface area contributed by atoms with Crippen molar-refractivity contribution in [3.8, 4) is 0 Å². The molecule has 4 heteroatoms. The number of benzene rings is 1. The minimum atomic E-state index is 0.0303. The fraction of sp³-hybridized carbons (Fsp3) is 0.500. The van der Waals surface area contributed by atoms with Gasteiger partial charge >= 0.3 is 0 Å². The monoisotopic (exact) mass is 373 g/mol. The maximum atomic E-state index is 12.0. The van der Waals surface area contributed by atoms with E-state index >= 15 is 0 Å². The summed E-state index contributed by atoms with van der Waals surface area (Å²) in [7, 11) is 0. The molecule has 2 nitrogen and oxygen atoms in total. The molecule has 0 radical (unpaired) electrons. The van der Waals surface area contributed by atoms with Crippen LogP contribution in [0.2, 0.25) is 0 Å². The lowest BCUT2D eigenvalue weighted by molar-refractivity contribution is 0.0945. The Hall–Kier alpha value is -0.350. The molecule has 0 bridgehead atoms. The molecular weight excluding hydrogens is 358 g/mol. The van der Waals surface area contributed by atoms with Gasteiger partial charge in [-0.3, -0.25) is 4.79 Å². The Morgan fingerprint density at radius 3 is 2.56 bits per heavy atom. The lowest BCUT2D eigenvalue weighted by Crippen LogP contribution is -2.31. The highest BCUT2D eigenvalue weighted by Gasteiger charge is 2.26. The van der Waals surface area contributed by atoms with Crippen molar-refractivity contribution in [1.29, 1.82) is 0 Å². The van der Waals surface area contributed by atoms with E-state index in [0.717, 1.165) is 27.8 Å². The van der Waals surface area contributed by atoms with Crippen LogP contribution in [0.1, 0.15) is 29.6 Å². The van der Waals surface area contributed by atoms with Crippen molar-refractivity contribution < 1.29 is 4.79 Å². The van der Waals surface area contributed by atoms with Crippen molar-refractivity contribution in [2.24, 2.45) is 11.8 Å². The summed E-state index contributed by atoms with van der Waals surface area (Å²) in [4.78, 5) is 12.0. The van der Waals surface area contributed by atoms with Crippen LogP contribution < -0.4 is 5.32 Å². The average molecular weight is 375 g/mol. The van der Waals surface area contributed by atoms with Crippen LogP contribution in [0.3, 0.4) is 0 Å². The summed E-state index contributed by atoms with van der Waals surface area (Å²) in [5.74, 6) is 1.38. The zero-order chi connectivity index (χ0) is 13.0. The summed E-state index contributed by atoms with van der Waals surface area (Å²) in [5.41, 5.74) is 0.728. The first kappa shape index (κ1) is 14.1. The standard InChI is InChI=1S/C14H17Br2NO/c15-8-11-2-1-3-12(11)9-17-14(18)10-4-6-13(16)7-5-10/h4-7,11-12H,1-3,8-9H2,(H,17,18). The Bertz CT molecular complexity index is 405. The maximum Gasteiger partial charge on any atom is 0.251 e. The lowest BCUT2D eigenvalue weighted by Gasteiger charge is -2.17. The van der Waals surface area contributed by atoms with Crippen LogP contribution in [-0.4, -0.2) is 17.8 Å². The molecule has 98 valence electrons. The van der Waals surface area contributed by atoms with Crippen LogP contribution in [-0.2, 0) is 0 Å². The summed E-state index contributed by atoms with van der Waals surface area (Å²) < 4.78 is 0.995. The van der Waals surface area contributed by atoms with Gasteiger partial charge in [0.05, 0.1) is 0 Å². The van der Waals surface area contributed by atoms with E-state index in [-0.39, 0.29) is 5.91 Å². The molecule has 1 aromatic rings. The van der Waals surface area contributed by atoms with E-state index in [1.165, 1.54) is 19.3 Å². The van der Waals surface area contributed by atoms with Gasteiger partial charge in [0.15, 0.2) is 0 Å². The molecule has 0 saturated heterocycles. The number of carbonyl (C=O) groups is 1. The van der Waals surface area contributed by atoms with Crippen LogP contribution in [0, 0.1) is 11.8 Å². The molecule has 1 saturated carbocycles. The van der Waals surface area contributed by atoms with Crippen molar-refractivity contribution in [2.45, 2.75) is 19.3 Å². The zero-order valence-corrected chi connectivity index (χ0v) is 13.3. The normalized spacial score (nSPS) is 23.0. The predicted octanol–water partition coefficient (Wildman–Crippen LogP) is 3.99. The van der Waals surface area contributed by atoms with Gasteiger partial charge in [-0.15, -0.1) is 0 Å². The van der Waals surface area contributed by atoms with Gasteiger partial charge in [-0.2, -0.15) is 0 Å². The second kappa shape index (κ2) is 6.71. The van der Waals surface area contributed by atoms with Crippen molar-refractivity contribution in [1.82, 2.24) is 5.32 Å². The van der Waals surface area contributed by atoms with Crippen LogP contribution in [0.15, 0.2) is 28.7 Å². The smallest absolute Gasteiger partial charge is 0.251 e. The minimum absolute atomic E-state index is 0.0303. The molecule has 0 aromatic heterocycles. The summed E-state index contributed by atoms with van der Waals surface area (Å²) in [6, 6.07) is 7.48. The lowest BCUT2D eigenvalue weighted by atomic mass is 9.98. The van der Waals surface area contributed by atoms with E-state index in [0.29, 0.717) is 5.92 Å². The molecule has 0 heterocycles. The molecule has 18 heavy (non-hydrogen) atoms. The number of amides is 1. The third-order valence-corrected chi connectivity index (χ3v) is 5.01. The SMILES string of the molecule is O=C(NCC1CCCC1CBr)c1ccc(Br)cc1. The first-order valence-corrected chi connectivity index (χ1v) is 8.22. The maximum absolute atomic E-state index is 12.0. The highest BCUT2D eigenvalue weighted by atomic mass is 79.9. The Morgan fingerprint density at radius 1 is 1.22 bits per heavy atom. The van der Waals surface area contributed by atoms with Gasteiger partial charge in [0, 0.05) is 21.9 Å². The summed E-state index contributed by atoms with van der Waals surface area (Å²) in [5, 5.41) is 4.10. The van der Waals surface area contributed by atoms with Gasteiger partial charge in [0.2, 0.25) is 0 Å². The molecule has 0 spiro atoms. The number of halogens is 2. The van der Waals surface area contributed by atoms with Crippen molar-refractivity contribution in [2.75, 3.05) is 11.9 Å². The number of alkyl halides is 1. The van der Waals surface area contributed by atoms with E-state index < -0.39 is 0 Å². The molecular formula is C14H17Br2NO. The minimum Gasteiger partial charge on any atom is -0.352 e. The molecule has 1 aromatic carbocycles. The van der Waals surface area contributed by atoms with Gasteiger partial charge < -0.3 is 5.32 Å². The summed E-state index contributed by atoms with van der Waals surface area (Å²) in [6.07, 6.45) is 3.80. The topological polar surface area (TPSA) is 29.1 Å². The fourth-order valence-electron chi connectivity index (χ4n) is 2.51. The largest absolute Gasteiger partial charge is 0.352 e. The zero-order valence-electron chi connectivity index (χ0n) is 10.2. The Morgan fingerprint density at radius 2 is 1.89 bits per heavy atom. The van der Waals surface area contributed by atoms with Gasteiger partial charge in [0.1, 0.15) is 0 Å². The number of rotatable bonds is 4. The van der Waals surface area contributed by atoms with E-state index in [4.69, 9.17) is 0 Å². The average Bonchev–Trinajstić information content (AvgIpc) is 2.84. The van der Waals surface area contributed by atoms with Gasteiger partial charge in [-0.05, 0) is 48.9 Å². The van der Waals surface area contributed by atoms with Gasteiger partial charge in [-0.1, -0.05) is 38.3 Å². The third-order valence-electron chi connectivity index (χ3n) is 3.65. The van der Waals surface area contributed by atoms with Crippen molar-refractivity contribution >= 4 is 37.8 Å². The molecule has 2 atom stereocenters. The Kier molecular flexibility index (Phi) is 5.25. The molecule has 2 unspecified atom stereocenters. The fourth-order valence-corrected chi connectivity index (χ4v) is 3.63. The Balaban J connectivity index is 1.86. The number of carbonyl (C=O) groups excluding carboxylic acids is 1. The van der Waals surface area contributed by atoms with Gasteiger partial charge in [0.25, 0.3) is 5.91 Å². The molecule has 1 aliphatic rings. The van der Waals surface area contributed by atoms with E-state index in [2.05, 4.69) is 37.2 Å². The molecule has 1 aliphatic carbocycles. The summed E-state index contributed by atoms with van der Waals surface area (Å²) >= 11 is 6.93.